The first-order chi connectivity index (χ1) is 18.2. The maximum absolute atomic E-state index is 13.5. The molecule has 3 rings (SSSR count). The lowest BCUT2D eigenvalue weighted by Crippen LogP contribution is -2.39. The summed E-state index contributed by atoms with van der Waals surface area (Å²) in [6, 6.07) is 11.9. The lowest BCUT2D eigenvalue weighted by molar-refractivity contribution is -0.386. The molecular weight excluding hydrogens is 538 g/mol. The van der Waals surface area contributed by atoms with Gasteiger partial charge in [-0.1, -0.05) is 30.3 Å². The second-order valence-electron chi connectivity index (χ2n) is 8.17. The third-order valence-electron chi connectivity index (χ3n) is 5.09. The van der Waals surface area contributed by atoms with Crippen LogP contribution in [0.25, 0.3) is 0 Å². The summed E-state index contributed by atoms with van der Waals surface area (Å²) in [6.45, 7) is -0.129. The number of halogens is 6. The maximum atomic E-state index is 13.5. The van der Waals surface area contributed by atoms with Crippen molar-refractivity contribution in [3.8, 4) is 17.2 Å². The topological polar surface area (TPSA) is 91.1 Å². The Morgan fingerprint density at radius 3 is 2.15 bits per heavy atom. The molecule has 0 aliphatic carbocycles. The van der Waals surface area contributed by atoms with Crippen LogP contribution in [-0.2, 0) is 28.5 Å². The second-order valence-corrected chi connectivity index (χ2v) is 8.17. The highest BCUT2D eigenvalue weighted by molar-refractivity contribution is 5.79. The van der Waals surface area contributed by atoms with Gasteiger partial charge in [-0.15, -0.1) is 0 Å². The Balaban J connectivity index is 1.97. The average molecular weight is 558 g/mol. The van der Waals surface area contributed by atoms with Gasteiger partial charge < -0.3 is 19.1 Å². The molecule has 0 saturated carbocycles. The number of nitrogens with zero attached hydrogens (tertiary/aromatic N) is 2. The minimum absolute atomic E-state index is 0.110. The molecule has 0 fully saturated rings. The fraction of sp³-hybridized carbons (Fsp3) is 0.240. The van der Waals surface area contributed by atoms with E-state index < -0.39 is 63.5 Å². The highest BCUT2D eigenvalue weighted by Gasteiger charge is 2.39. The van der Waals surface area contributed by atoms with E-state index in [0.29, 0.717) is 17.7 Å². The summed E-state index contributed by atoms with van der Waals surface area (Å²) in [5, 5.41) is 11.6. The fourth-order valence-electron chi connectivity index (χ4n) is 3.17. The van der Waals surface area contributed by atoms with Crippen LogP contribution in [-0.4, -0.2) is 36.1 Å². The first-order valence-electron chi connectivity index (χ1n) is 10.9. The van der Waals surface area contributed by atoms with Gasteiger partial charge in [-0.25, -0.2) is 0 Å². The van der Waals surface area contributed by atoms with Crippen molar-refractivity contribution in [3.63, 3.8) is 0 Å². The summed E-state index contributed by atoms with van der Waals surface area (Å²) in [5.41, 5.74) is -3.29. The molecule has 14 heteroatoms. The number of carbonyl (C=O) groups excluding carboxylic acids is 1. The van der Waals surface area contributed by atoms with E-state index in [2.05, 4.69) is 0 Å². The third-order valence-corrected chi connectivity index (χ3v) is 5.09. The first-order valence-corrected chi connectivity index (χ1v) is 10.9. The van der Waals surface area contributed by atoms with Crippen LogP contribution in [0.15, 0.2) is 66.7 Å². The summed E-state index contributed by atoms with van der Waals surface area (Å²) in [4.78, 5) is 24.4. The van der Waals surface area contributed by atoms with Crippen LogP contribution < -0.4 is 9.47 Å². The molecule has 1 unspecified atom stereocenters. The number of carbonyl (C=O) groups is 1. The van der Waals surface area contributed by atoms with Gasteiger partial charge in [-0.2, -0.15) is 26.3 Å². The Hall–Kier alpha value is -4.33. The molecule has 3 aromatic carbocycles. The number of nitro benzene ring substituents is 1. The van der Waals surface area contributed by atoms with Crippen molar-refractivity contribution in [1.29, 1.82) is 0 Å². The average Bonchev–Trinajstić information content (AvgIpc) is 2.85. The van der Waals surface area contributed by atoms with Gasteiger partial charge in [0.15, 0.2) is 0 Å². The number of ether oxygens (including phenoxy) is 3. The lowest BCUT2D eigenvalue weighted by Gasteiger charge is -2.22. The molecule has 0 bridgehead atoms. The molecule has 0 spiro atoms. The van der Waals surface area contributed by atoms with Crippen LogP contribution in [0.2, 0.25) is 0 Å². The van der Waals surface area contributed by atoms with E-state index in [1.54, 1.807) is 30.3 Å². The van der Waals surface area contributed by atoms with E-state index in [0.717, 1.165) is 23.1 Å². The van der Waals surface area contributed by atoms with Crippen molar-refractivity contribution >= 4 is 11.6 Å². The van der Waals surface area contributed by atoms with E-state index in [1.807, 2.05) is 0 Å². The minimum Gasteiger partial charge on any atom is -0.457 e. The normalized spacial score (nSPS) is 12.5. The number of hydrogen-bond acceptors (Lipinski definition) is 6. The first kappa shape index (κ1) is 29.2. The smallest absolute Gasteiger partial charge is 0.420 e. The lowest BCUT2D eigenvalue weighted by atomic mass is 10.1. The number of amides is 1. The quantitative estimate of drug-likeness (QED) is 0.130. The van der Waals surface area contributed by atoms with E-state index in [-0.39, 0.29) is 12.7 Å². The summed E-state index contributed by atoms with van der Waals surface area (Å²) < 4.78 is 95.6. The van der Waals surface area contributed by atoms with Gasteiger partial charge in [-0.3, -0.25) is 14.9 Å². The summed E-state index contributed by atoms with van der Waals surface area (Å²) in [6.07, 6.45) is -12.0. The molecule has 1 atom stereocenters. The molecule has 1 amide bonds. The van der Waals surface area contributed by atoms with Crippen molar-refractivity contribution in [2.75, 3.05) is 14.1 Å². The predicted octanol–water partition coefficient (Wildman–Crippen LogP) is 6.43. The molecule has 0 aliphatic heterocycles. The van der Waals surface area contributed by atoms with Gasteiger partial charge in [0.1, 0.15) is 11.5 Å². The van der Waals surface area contributed by atoms with Gasteiger partial charge in [0.05, 0.1) is 22.7 Å². The van der Waals surface area contributed by atoms with Crippen LogP contribution >= 0.6 is 0 Å². The minimum atomic E-state index is -5.22. The Morgan fingerprint density at radius 1 is 0.923 bits per heavy atom. The van der Waals surface area contributed by atoms with Crippen molar-refractivity contribution < 1.29 is 50.3 Å². The number of hydrogen-bond donors (Lipinski definition) is 0. The number of rotatable bonds is 9. The SMILES string of the molecule is CN(C)C(=O)C(OCc1ccccc1)Oc1cc(Oc2ccc(C(F)(F)F)cc2C(F)(F)F)ccc1[N+](=O)[O-]. The Morgan fingerprint density at radius 2 is 1.59 bits per heavy atom. The van der Waals surface area contributed by atoms with E-state index >= 15 is 0 Å². The van der Waals surface area contributed by atoms with E-state index in [1.165, 1.54) is 14.1 Å². The van der Waals surface area contributed by atoms with Gasteiger partial charge in [0.25, 0.3) is 12.2 Å². The Labute approximate surface area is 217 Å². The monoisotopic (exact) mass is 558 g/mol. The number of benzene rings is 3. The van der Waals surface area contributed by atoms with Crippen LogP contribution in [0.3, 0.4) is 0 Å². The standard InChI is InChI=1S/C25H20F6N2O6/c1-32(2)22(34)23(37-14-15-6-4-3-5-7-15)39-21-13-17(9-10-19(21)33(35)36)38-20-11-8-16(24(26,27)28)12-18(20)25(29,30)31/h3-13,23H,14H2,1-2H3. The van der Waals surface area contributed by atoms with Crippen molar-refractivity contribution in [2.45, 2.75) is 25.2 Å². The molecule has 0 saturated heterocycles. The zero-order valence-electron chi connectivity index (χ0n) is 20.2. The van der Waals surface area contributed by atoms with Crippen LogP contribution in [0.4, 0.5) is 32.0 Å². The fourth-order valence-corrected chi connectivity index (χ4v) is 3.17. The second kappa shape index (κ2) is 11.6. The summed E-state index contributed by atoms with van der Waals surface area (Å²) in [5.74, 6) is -2.77. The van der Waals surface area contributed by atoms with Crippen LogP contribution in [0.1, 0.15) is 16.7 Å². The summed E-state index contributed by atoms with van der Waals surface area (Å²) >= 11 is 0. The molecule has 3 aromatic rings. The van der Waals surface area contributed by atoms with E-state index in [4.69, 9.17) is 14.2 Å². The van der Waals surface area contributed by atoms with Gasteiger partial charge in [0.2, 0.25) is 5.75 Å². The zero-order chi connectivity index (χ0) is 29.0. The predicted molar refractivity (Wildman–Crippen MR) is 124 cm³/mol. The number of nitro groups is 1. The number of alkyl halides is 6. The van der Waals surface area contributed by atoms with Gasteiger partial charge in [-0.05, 0) is 29.8 Å². The molecule has 0 heterocycles. The van der Waals surface area contributed by atoms with Crippen molar-refractivity contribution in [3.05, 3.63) is 93.5 Å². The molecule has 8 nitrogen and oxygen atoms in total. The van der Waals surface area contributed by atoms with Crippen LogP contribution in [0, 0.1) is 10.1 Å². The van der Waals surface area contributed by atoms with Crippen LogP contribution in [0.5, 0.6) is 17.2 Å². The largest absolute Gasteiger partial charge is 0.457 e. The van der Waals surface area contributed by atoms with Gasteiger partial charge >= 0.3 is 18.0 Å². The molecular formula is C25H20F6N2O6. The van der Waals surface area contributed by atoms with Gasteiger partial charge in [0, 0.05) is 26.2 Å². The van der Waals surface area contributed by atoms with E-state index in [9.17, 15) is 41.3 Å². The highest BCUT2D eigenvalue weighted by Crippen LogP contribution is 2.43. The Kier molecular flexibility index (Phi) is 8.69. The zero-order valence-corrected chi connectivity index (χ0v) is 20.2. The Bertz CT molecular complexity index is 1330. The maximum Gasteiger partial charge on any atom is 0.420 e. The molecule has 0 aliphatic rings. The highest BCUT2D eigenvalue weighted by atomic mass is 19.4. The molecule has 0 aromatic heterocycles. The molecule has 0 N–H and O–H groups in total. The number of likely N-dealkylation sites (N-methyl/N-ethyl adjacent to an activating group) is 1. The summed E-state index contributed by atoms with van der Waals surface area (Å²) in [7, 11) is 2.75. The third kappa shape index (κ3) is 7.60. The molecule has 0 radical (unpaired) electrons. The van der Waals surface area contributed by atoms with Crippen molar-refractivity contribution in [2.24, 2.45) is 0 Å². The van der Waals surface area contributed by atoms with Crippen molar-refractivity contribution in [1.82, 2.24) is 4.90 Å². The molecule has 39 heavy (non-hydrogen) atoms. The molecule has 208 valence electrons.